The molecule has 5 aromatic rings. The van der Waals surface area contributed by atoms with Gasteiger partial charge in [0.05, 0.1) is 28.6 Å². The van der Waals surface area contributed by atoms with E-state index >= 15 is 0 Å². The minimum absolute atomic E-state index is 0.00328. The Bertz CT molecular complexity index is 1800. The SMILES string of the molecule is Cc1nc(NC(=O)C2CCC(C(C)C(=O)O)C2)ccc1-n1c(-c2cccnc2N)nc2ccc(-c3ccccc3)nc21. The highest BCUT2D eigenvalue weighted by Crippen LogP contribution is 2.37. The lowest BCUT2D eigenvalue weighted by Gasteiger charge is -2.16. The van der Waals surface area contributed by atoms with E-state index in [1.54, 1.807) is 19.2 Å². The number of anilines is 2. The number of rotatable bonds is 7. The number of nitrogens with two attached hydrogens (primary N) is 1. The molecule has 4 heterocycles. The number of fused-ring (bicyclic) bond motifs is 1. The van der Waals surface area contributed by atoms with Gasteiger partial charge in [0.15, 0.2) is 11.5 Å². The number of carbonyl (C=O) groups is 2. The first kappa shape index (κ1) is 27.1. The van der Waals surface area contributed by atoms with Crippen LogP contribution in [0.25, 0.3) is 39.5 Å². The molecule has 1 amide bonds. The molecular weight excluding hydrogens is 530 g/mol. The number of pyridine rings is 3. The second kappa shape index (κ2) is 11.0. The average Bonchev–Trinajstić information content (AvgIpc) is 3.63. The fourth-order valence-electron chi connectivity index (χ4n) is 5.74. The van der Waals surface area contributed by atoms with Gasteiger partial charge in [-0.25, -0.2) is 19.9 Å². The summed E-state index contributed by atoms with van der Waals surface area (Å²) in [5.74, 6) is -0.307. The first-order valence-corrected chi connectivity index (χ1v) is 14.0. The molecular formula is C32H31N7O3. The standard InChI is InChI=1S/C32H31N7O3/c1-18(32(41)42)21-10-11-22(17-21)31(40)38-27-15-14-26(19(2)35-27)39-29(23-9-6-16-34-28(23)33)37-25-13-12-24(36-30(25)39)20-7-4-3-5-8-20/h3-9,12-16,18,21-22H,10-11,17H2,1-2H3,(H2,33,34)(H,41,42)(H,35,38,40). The monoisotopic (exact) mass is 561 g/mol. The second-order valence-corrected chi connectivity index (χ2v) is 10.8. The van der Waals surface area contributed by atoms with Gasteiger partial charge in [-0.1, -0.05) is 37.3 Å². The summed E-state index contributed by atoms with van der Waals surface area (Å²) in [5, 5.41) is 12.3. The summed E-state index contributed by atoms with van der Waals surface area (Å²) < 4.78 is 1.93. The first-order valence-electron chi connectivity index (χ1n) is 14.0. The van der Waals surface area contributed by atoms with Gasteiger partial charge in [-0.15, -0.1) is 0 Å². The lowest BCUT2D eigenvalue weighted by atomic mass is 9.91. The number of carboxylic acids is 1. The predicted molar refractivity (Wildman–Crippen MR) is 161 cm³/mol. The molecule has 6 rings (SSSR count). The number of hydrogen-bond donors (Lipinski definition) is 3. The van der Waals surface area contributed by atoms with Crippen LogP contribution in [0.2, 0.25) is 0 Å². The topological polar surface area (TPSA) is 149 Å². The Hall–Kier alpha value is -5.12. The number of amides is 1. The van der Waals surface area contributed by atoms with Crippen molar-refractivity contribution in [2.24, 2.45) is 17.8 Å². The predicted octanol–water partition coefficient (Wildman–Crippen LogP) is 5.51. The van der Waals surface area contributed by atoms with Gasteiger partial charge in [-0.3, -0.25) is 14.2 Å². The maximum Gasteiger partial charge on any atom is 0.306 e. The van der Waals surface area contributed by atoms with E-state index < -0.39 is 11.9 Å². The van der Waals surface area contributed by atoms with Crippen molar-refractivity contribution < 1.29 is 14.7 Å². The maximum absolute atomic E-state index is 13.1. The molecule has 0 aliphatic heterocycles. The molecule has 10 heteroatoms. The Labute approximate surface area is 242 Å². The van der Waals surface area contributed by atoms with Crippen LogP contribution in [-0.2, 0) is 9.59 Å². The van der Waals surface area contributed by atoms with Crippen molar-refractivity contribution in [3.8, 4) is 28.3 Å². The van der Waals surface area contributed by atoms with Gasteiger partial charge in [0.1, 0.15) is 17.2 Å². The van der Waals surface area contributed by atoms with Gasteiger partial charge in [0.2, 0.25) is 5.91 Å². The lowest BCUT2D eigenvalue weighted by molar-refractivity contribution is -0.143. The molecule has 0 radical (unpaired) electrons. The first-order chi connectivity index (χ1) is 20.3. The summed E-state index contributed by atoms with van der Waals surface area (Å²) in [7, 11) is 0. The average molecular weight is 562 g/mol. The summed E-state index contributed by atoms with van der Waals surface area (Å²) >= 11 is 0. The number of benzene rings is 1. The quantitative estimate of drug-likeness (QED) is 0.235. The third kappa shape index (κ3) is 5.07. The van der Waals surface area contributed by atoms with Gasteiger partial charge in [-0.05, 0) is 68.5 Å². The molecule has 1 saturated carbocycles. The van der Waals surface area contributed by atoms with E-state index in [4.69, 9.17) is 20.7 Å². The summed E-state index contributed by atoms with van der Waals surface area (Å²) in [6.45, 7) is 3.58. The number of carboxylic acid groups (broad SMARTS) is 1. The van der Waals surface area contributed by atoms with Crippen LogP contribution in [0.1, 0.15) is 31.9 Å². The molecule has 0 saturated heterocycles. The molecule has 1 fully saturated rings. The highest BCUT2D eigenvalue weighted by atomic mass is 16.4. The number of hydrogen-bond acceptors (Lipinski definition) is 7. The molecule has 3 unspecified atom stereocenters. The van der Waals surface area contributed by atoms with Crippen LogP contribution < -0.4 is 11.1 Å². The van der Waals surface area contributed by atoms with Crippen LogP contribution in [0.3, 0.4) is 0 Å². The Morgan fingerprint density at radius 3 is 2.55 bits per heavy atom. The molecule has 0 spiro atoms. The Kier molecular flexibility index (Phi) is 7.12. The maximum atomic E-state index is 13.1. The van der Waals surface area contributed by atoms with Crippen molar-refractivity contribution in [2.75, 3.05) is 11.1 Å². The van der Waals surface area contributed by atoms with Crippen molar-refractivity contribution in [1.29, 1.82) is 0 Å². The van der Waals surface area contributed by atoms with E-state index in [9.17, 15) is 14.7 Å². The van der Waals surface area contributed by atoms with E-state index in [0.29, 0.717) is 52.7 Å². The summed E-state index contributed by atoms with van der Waals surface area (Å²) in [5.41, 5.74) is 11.5. The number of aromatic nitrogens is 5. The summed E-state index contributed by atoms with van der Waals surface area (Å²) in [6.07, 6.45) is 3.58. The van der Waals surface area contributed by atoms with E-state index in [-0.39, 0.29) is 17.7 Å². The largest absolute Gasteiger partial charge is 0.481 e. The molecule has 212 valence electrons. The molecule has 0 bridgehead atoms. The van der Waals surface area contributed by atoms with Gasteiger partial charge >= 0.3 is 5.97 Å². The minimum atomic E-state index is -0.821. The van der Waals surface area contributed by atoms with Gasteiger partial charge in [0.25, 0.3) is 0 Å². The zero-order valence-corrected chi connectivity index (χ0v) is 23.4. The number of aryl methyl sites for hydroxylation is 1. The smallest absolute Gasteiger partial charge is 0.306 e. The number of nitrogens with zero attached hydrogens (tertiary/aromatic N) is 5. The van der Waals surface area contributed by atoms with Crippen LogP contribution in [-0.4, -0.2) is 41.5 Å². The fraction of sp³-hybridized carbons (Fsp3) is 0.250. The molecule has 3 atom stereocenters. The fourth-order valence-corrected chi connectivity index (χ4v) is 5.74. The lowest BCUT2D eigenvalue weighted by Crippen LogP contribution is -2.23. The van der Waals surface area contributed by atoms with Crippen molar-refractivity contribution in [3.63, 3.8) is 0 Å². The highest BCUT2D eigenvalue weighted by Gasteiger charge is 2.35. The minimum Gasteiger partial charge on any atom is -0.481 e. The van der Waals surface area contributed by atoms with Gasteiger partial charge in [0, 0.05) is 17.7 Å². The van der Waals surface area contributed by atoms with E-state index in [2.05, 4.69) is 10.3 Å². The third-order valence-electron chi connectivity index (χ3n) is 8.14. The molecule has 1 aromatic carbocycles. The van der Waals surface area contributed by atoms with E-state index in [1.807, 2.05) is 72.2 Å². The normalized spacial score (nSPS) is 17.3. The highest BCUT2D eigenvalue weighted by molar-refractivity contribution is 5.92. The summed E-state index contributed by atoms with van der Waals surface area (Å²) in [4.78, 5) is 43.3. The molecule has 10 nitrogen and oxygen atoms in total. The van der Waals surface area contributed by atoms with Gasteiger partial charge in [-0.2, -0.15) is 0 Å². The van der Waals surface area contributed by atoms with Crippen molar-refractivity contribution in [1.82, 2.24) is 24.5 Å². The van der Waals surface area contributed by atoms with Crippen molar-refractivity contribution in [2.45, 2.75) is 33.1 Å². The van der Waals surface area contributed by atoms with Crippen LogP contribution in [0, 0.1) is 24.7 Å². The zero-order valence-electron chi connectivity index (χ0n) is 23.4. The molecule has 1 aliphatic rings. The Morgan fingerprint density at radius 1 is 1.00 bits per heavy atom. The number of nitrogens with one attached hydrogen (secondary N) is 1. The van der Waals surface area contributed by atoms with Crippen molar-refractivity contribution in [3.05, 3.63) is 78.6 Å². The van der Waals surface area contributed by atoms with E-state index in [0.717, 1.165) is 23.4 Å². The summed E-state index contributed by atoms with van der Waals surface area (Å²) in [6, 6.07) is 21.1. The number of carbonyl (C=O) groups excluding carboxylic acids is 1. The molecule has 4 N–H and O–H groups in total. The zero-order chi connectivity index (χ0) is 29.4. The second-order valence-electron chi connectivity index (χ2n) is 10.8. The number of nitrogen functional groups attached to an aromatic ring is 1. The van der Waals surface area contributed by atoms with Crippen LogP contribution in [0.15, 0.2) is 72.9 Å². The van der Waals surface area contributed by atoms with Crippen LogP contribution in [0.5, 0.6) is 0 Å². The third-order valence-corrected chi connectivity index (χ3v) is 8.14. The Balaban J connectivity index is 1.37. The van der Waals surface area contributed by atoms with Crippen LogP contribution in [0.4, 0.5) is 11.6 Å². The number of imidazole rings is 1. The molecule has 1 aliphatic carbocycles. The van der Waals surface area contributed by atoms with Crippen LogP contribution >= 0.6 is 0 Å². The number of aliphatic carboxylic acids is 1. The van der Waals surface area contributed by atoms with Gasteiger partial charge < -0.3 is 16.2 Å². The Morgan fingerprint density at radius 2 is 1.81 bits per heavy atom. The van der Waals surface area contributed by atoms with E-state index in [1.165, 1.54) is 0 Å². The van der Waals surface area contributed by atoms with Crippen molar-refractivity contribution >= 4 is 34.7 Å². The molecule has 42 heavy (non-hydrogen) atoms. The molecule has 4 aromatic heterocycles.